The van der Waals surface area contributed by atoms with Crippen LogP contribution in [0.2, 0.25) is 5.02 Å². The number of nitrogens with one attached hydrogen (secondary N) is 1. The molecule has 1 atom stereocenters. The van der Waals surface area contributed by atoms with Crippen LogP contribution < -0.4 is 5.32 Å². The van der Waals surface area contributed by atoms with E-state index in [1.54, 1.807) is 6.92 Å². The molecular formula is C15H15ClFN3O3. The third kappa shape index (κ3) is 3.92. The lowest BCUT2D eigenvalue weighted by Crippen LogP contribution is -2.43. The van der Waals surface area contributed by atoms with Crippen LogP contribution in [0, 0.1) is 11.7 Å². The van der Waals surface area contributed by atoms with Gasteiger partial charge in [0.15, 0.2) is 0 Å². The van der Waals surface area contributed by atoms with E-state index in [1.807, 2.05) is 0 Å². The molecule has 2 rings (SSSR count). The normalized spacial score (nSPS) is 18.0. The first kappa shape index (κ1) is 17.1. The molecule has 1 heterocycles. The highest BCUT2D eigenvalue weighted by Crippen LogP contribution is 2.21. The highest BCUT2D eigenvalue weighted by Gasteiger charge is 2.33. The topological polar surface area (TPSA) is 78.8 Å². The zero-order valence-electron chi connectivity index (χ0n) is 12.6. The molecule has 122 valence electrons. The number of imide groups is 1. The molecule has 1 aromatic carbocycles. The zero-order chi connectivity index (χ0) is 17.1. The van der Waals surface area contributed by atoms with Crippen molar-refractivity contribution < 1.29 is 18.8 Å². The van der Waals surface area contributed by atoms with Gasteiger partial charge in [0, 0.05) is 24.9 Å². The van der Waals surface area contributed by atoms with Gasteiger partial charge in [-0.25, -0.2) is 14.2 Å². The third-order valence-electron chi connectivity index (χ3n) is 3.56. The van der Waals surface area contributed by atoms with Crippen LogP contribution in [0.5, 0.6) is 0 Å². The molecule has 0 saturated carbocycles. The Bertz CT molecular complexity index is 705. The van der Waals surface area contributed by atoms with Gasteiger partial charge in [-0.15, -0.1) is 0 Å². The maximum atomic E-state index is 13.1. The summed E-state index contributed by atoms with van der Waals surface area (Å²) in [6.45, 7) is 1.59. The number of rotatable bonds is 4. The number of hydrogen-bond acceptors (Lipinski definition) is 3. The van der Waals surface area contributed by atoms with Gasteiger partial charge in [-0.2, -0.15) is 0 Å². The maximum absolute atomic E-state index is 13.1. The van der Waals surface area contributed by atoms with Gasteiger partial charge in [0.2, 0.25) is 11.8 Å². The van der Waals surface area contributed by atoms with Gasteiger partial charge in [-0.3, -0.25) is 14.5 Å². The number of aliphatic imine (C=N–C) groups is 1. The third-order valence-corrected chi connectivity index (χ3v) is 3.84. The molecule has 0 fully saturated rings. The Labute approximate surface area is 137 Å². The molecule has 4 amide bonds. The zero-order valence-corrected chi connectivity index (χ0v) is 13.4. The average molecular weight is 340 g/mol. The second-order valence-electron chi connectivity index (χ2n) is 5.20. The number of amides is 4. The lowest BCUT2D eigenvalue weighted by Gasteiger charge is -2.25. The van der Waals surface area contributed by atoms with Crippen molar-refractivity contribution in [3.05, 3.63) is 29.0 Å². The SMILES string of the molecule is CC1=NC(=O)N(C)C(=O)C1CCC(=O)Nc1ccc(F)c(Cl)c1. The fourth-order valence-electron chi connectivity index (χ4n) is 2.22. The number of carbonyl (C=O) groups is 3. The van der Waals surface area contributed by atoms with E-state index >= 15 is 0 Å². The number of nitrogens with zero attached hydrogens (tertiary/aromatic N) is 2. The molecule has 8 heteroatoms. The van der Waals surface area contributed by atoms with Gasteiger partial charge in [-0.05, 0) is 31.5 Å². The van der Waals surface area contributed by atoms with E-state index in [1.165, 1.54) is 19.2 Å². The fourth-order valence-corrected chi connectivity index (χ4v) is 2.40. The van der Waals surface area contributed by atoms with E-state index in [2.05, 4.69) is 10.3 Å². The van der Waals surface area contributed by atoms with Crippen LogP contribution in [0.15, 0.2) is 23.2 Å². The quantitative estimate of drug-likeness (QED) is 0.916. The number of benzene rings is 1. The highest BCUT2D eigenvalue weighted by molar-refractivity contribution is 6.31. The summed E-state index contributed by atoms with van der Waals surface area (Å²) in [4.78, 5) is 40.1. The Balaban J connectivity index is 1.96. The van der Waals surface area contributed by atoms with Crippen LogP contribution in [0.3, 0.4) is 0 Å². The van der Waals surface area contributed by atoms with Crippen molar-refractivity contribution in [2.24, 2.45) is 10.9 Å². The number of halogens is 2. The summed E-state index contributed by atoms with van der Waals surface area (Å²) >= 11 is 5.64. The van der Waals surface area contributed by atoms with Crippen LogP contribution in [0.25, 0.3) is 0 Å². The summed E-state index contributed by atoms with van der Waals surface area (Å²) in [7, 11) is 1.36. The summed E-state index contributed by atoms with van der Waals surface area (Å²) < 4.78 is 13.1. The maximum Gasteiger partial charge on any atom is 0.349 e. The minimum absolute atomic E-state index is 0.0558. The van der Waals surface area contributed by atoms with Crippen molar-refractivity contribution in [1.82, 2.24) is 4.90 Å². The number of urea groups is 1. The van der Waals surface area contributed by atoms with Gasteiger partial charge in [0.25, 0.3) is 0 Å². The van der Waals surface area contributed by atoms with Crippen LogP contribution in [0.1, 0.15) is 19.8 Å². The predicted octanol–water partition coefficient (Wildman–Crippen LogP) is 2.87. The summed E-state index contributed by atoms with van der Waals surface area (Å²) in [5, 5.41) is 2.49. The molecule has 0 bridgehead atoms. The Kier molecular flexibility index (Phi) is 5.10. The predicted molar refractivity (Wildman–Crippen MR) is 84.0 cm³/mol. The average Bonchev–Trinajstić information content (AvgIpc) is 2.48. The van der Waals surface area contributed by atoms with E-state index in [9.17, 15) is 18.8 Å². The van der Waals surface area contributed by atoms with E-state index in [0.717, 1.165) is 11.0 Å². The Morgan fingerprint density at radius 3 is 2.78 bits per heavy atom. The lowest BCUT2D eigenvalue weighted by molar-refractivity contribution is -0.129. The van der Waals surface area contributed by atoms with E-state index in [0.29, 0.717) is 11.4 Å². The molecule has 1 aliphatic rings. The van der Waals surface area contributed by atoms with Gasteiger partial charge >= 0.3 is 6.03 Å². The molecule has 0 aliphatic carbocycles. The monoisotopic (exact) mass is 339 g/mol. The van der Waals surface area contributed by atoms with Crippen LogP contribution >= 0.6 is 11.6 Å². The van der Waals surface area contributed by atoms with Gasteiger partial charge in [0.1, 0.15) is 5.82 Å². The second-order valence-corrected chi connectivity index (χ2v) is 5.61. The molecule has 1 aromatic rings. The summed E-state index contributed by atoms with van der Waals surface area (Å²) in [6, 6.07) is 3.25. The van der Waals surface area contributed by atoms with Crippen molar-refractivity contribution in [3.8, 4) is 0 Å². The van der Waals surface area contributed by atoms with Crippen LogP contribution in [-0.4, -0.2) is 35.5 Å². The number of hydrogen-bond donors (Lipinski definition) is 1. The van der Waals surface area contributed by atoms with Gasteiger partial charge in [0.05, 0.1) is 10.9 Å². The molecule has 6 nitrogen and oxygen atoms in total. The molecule has 23 heavy (non-hydrogen) atoms. The first-order chi connectivity index (χ1) is 10.8. The molecule has 1 aliphatic heterocycles. The van der Waals surface area contributed by atoms with Crippen molar-refractivity contribution in [3.63, 3.8) is 0 Å². The number of anilines is 1. The van der Waals surface area contributed by atoms with Crippen molar-refractivity contribution >= 4 is 40.8 Å². The first-order valence-corrected chi connectivity index (χ1v) is 7.29. The molecule has 0 spiro atoms. The summed E-state index contributed by atoms with van der Waals surface area (Å²) in [6.07, 6.45) is 0.285. The van der Waals surface area contributed by atoms with E-state index in [-0.39, 0.29) is 29.7 Å². The minimum Gasteiger partial charge on any atom is -0.326 e. The summed E-state index contributed by atoms with van der Waals surface area (Å²) in [5.74, 6) is -1.88. The Morgan fingerprint density at radius 1 is 1.43 bits per heavy atom. The standard InChI is InChI=1S/C15H15ClFN3O3/c1-8-10(14(22)20(2)15(23)18-8)4-6-13(21)19-9-3-5-12(17)11(16)7-9/h3,5,7,10H,4,6H2,1-2H3,(H,19,21). The molecule has 0 radical (unpaired) electrons. The van der Waals surface area contributed by atoms with Crippen molar-refractivity contribution in [2.45, 2.75) is 19.8 Å². The molecule has 0 aromatic heterocycles. The molecule has 1 N–H and O–H groups in total. The summed E-state index contributed by atoms with van der Waals surface area (Å²) in [5.41, 5.74) is 0.768. The minimum atomic E-state index is -0.603. The van der Waals surface area contributed by atoms with Gasteiger partial charge < -0.3 is 5.32 Å². The Morgan fingerprint density at radius 2 is 2.13 bits per heavy atom. The van der Waals surface area contributed by atoms with Crippen molar-refractivity contribution in [2.75, 3.05) is 12.4 Å². The van der Waals surface area contributed by atoms with E-state index in [4.69, 9.17) is 11.6 Å². The second kappa shape index (κ2) is 6.87. The molecule has 0 saturated heterocycles. The highest BCUT2D eigenvalue weighted by atomic mass is 35.5. The Hall–Kier alpha value is -2.28. The lowest BCUT2D eigenvalue weighted by atomic mass is 9.95. The smallest absolute Gasteiger partial charge is 0.326 e. The first-order valence-electron chi connectivity index (χ1n) is 6.91. The van der Waals surface area contributed by atoms with Crippen LogP contribution in [0.4, 0.5) is 14.9 Å². The number of carbonyl (C=O) groups excluding carboxylic acids is 3. The van der Waals surface area contributed by atoms with Gasteiger partial charge in [-0.1, -0.05) is 11.6 Å². The van der Waals surface area contributed by atoms with E-state index < -0.39 is 17.8 Å². The molecular weight excluding hydrogens is 325 g/mol. The largest absolute Gasteiger partial charge is 0.349 e. The van der Waals surface area contributed by atoms with Crippen LogP contribution in [-0.2, 0) is 9.59 Å². The van der Waals surface area contributed by atoms with Crippen molar-refractivity contribution in [1.29, 1.82) is 0 Å². The fraction of sp³-hybridized carbons (Fsp3) is 0.333. The molecule has 1 unspecified atom stereocenters.